The van der Waals surface area contributed by atoms with Crippen LogP contribution in [0.1, 0.15) is 87.4 Å². The quantitative estimate of drug-likeness (QED) is 0.574. The van der Waals surface area contributed by atoms with E-state index in [9.17, 15) is 4.79 Å². The molecule has 2 aromatic rings. The van der Waals surface area contributed by atoms with Crippen LogP contribution in [-0.2, 0) is 25.8 Å². The van der Waals surface area contributed by atoms with Gasteiger partial charge in [-0.05, 0) is 71.7 Å². The Hall–Kier alpha value is -1.81. The van der Waals surface area contributed by atoms with Crippen molar-refractivity contribution in [2.75, 3.05) is 13.7 Å². The highest BCUT2D eigenvalue weighted by atomic mass is 32.1. The molecule has 1 aliphatic carbocycles. The smallest absolute Gasteiger partial charge is 0.312 e. The zero-order valence-electron chi connectivity index (χ0n) is 18.6. The fraction of sp³-hybridized carbons (Fsp3) is 0.560. The predicted octanol–water partition coefficient (Wildman–Crippen LogP) is 6.07. The third-order valence-corrected chi connectivity index (χ3v) is 8.49. The second kappa shape index (κ2) is 6.60. The summed E-state index contributed by atoms with van der Waals surface area (Å²) in [5.41, 5.74) is 5.34. The van der Waals surface area contributed by atoms with Gasteiger partial charge in [-0.1, -0.05) is 33.8 Å². The molecule has 0 saturated carbocycles. The molecule has 0 radical (unpaired) electrons. The lowest BCUT2D eigenvalue weighted by Crippen LogP contribution is -2.34. The van der Waals surface area contributed by atoms with Gasteiger partial charge in [0.1, 0.15) is 12.4 Å². The molecule has 2 heterocycles. The predicted molar refractivity (Wildman–Crippen MR) is 118 cm³/mol. The number of carbonyl (C=O) groups excluding carboxylic acids is 1. The Morgan fingerprint density at radius 3 is 2.28 bits per heavy atom. The molecule has 0 fully saturated rings. The molecule has 1 aromatic carbocycles. The standard InChI is InChI=1S/C25H32O3S/c1-15(22(26)27-7)16-10-21(29-13-16)25(6)14-28-20-12-18-17(11-19(20)25)23(2,3)8-9-24(18,4)5/h10-13,15H,8-9,14H2,1-7H3. The molecular formula is C25H32O3S. The summed E-state index contributed by atoms with van der Waals surface area (Å²) in [5.74, 6) is 0.576. The molecule has 4 heteroatoms. The van der Waals surface area contributed by atoms with Crippen LogP contribution in [-0.4, -0.2) is 19.7 Å². The second-order valence-electron chi connectivity index (χ2n) is 10.3. The maximum atomic E-state index is 12.0. The van der Waals surface area contributed by atoms with E-state index < -0.39 is 0 Å². The number of benzene rings is 1. The van der Waals surface area contributed by atoms with Crippen molar-refractivity contribution in [2.45, 2.75) is 76.5 Å². The topological polar surface area (TPSA) is 35.5 Å². The third-order valence-electron chi connectivity index (χ3n) is 7.28. The molecule has 0 saturated heterocycles. The van der Waals surface area contributed by atoms with Gasteiger partial charge in [-0.15, -0.1) is 11.3 Å². The van der Waals surface area contributed by atoms with Crippen LogP contribution in [0.3, 0.4) is 0 Å². The molecule has 3 nitrogen and oxygen atoms in total. The summed E-state index contributed by atoms with van der Waals surface area (Å²) in [4.78, 5) is 13.2. The van der Waals surface area contributed by atoms with Crippen LogP contribution in [0.4, 0.5) is 0 Å². The summed E-state index contributed by atoms with van der Waals surface area (Å²) in [7, 11) is 1.45. The number of esters is 1. The van der Waals surface area contributed by atoms with Gasteiger partial charge in [-0.2, -0.15) is 0 Å². The van der Waals surface area contributed by atoms with Crippen LogP contribution in [0.15, 0.2) is 23.6 Å². The Morgan fingerprint density at radius 2 is 1.66 bits per heavy atom. The molecule has 1 aliphatic heterocycles. The zero-order chi connectivity index (χ0) is 21.2. The van der Waals surface area contributed by atoms with Crippen LogP contribution in [0.25, 0.3) is 0 Å². The van der Waals surface area contributed by atoms with Gasteiger partial charge in [-0.25, -0.2) is 0 Å². The maximum Gasteiger partial charge on any atom is 0.312 e. The fourth-order valence-corrected chi connectivity index (χ4v) is 6.00. The lowest BCUT2D eigenvalue weighted by atomic mass is 9.62. The maximum absolute atomic E-state index is 12.0. The minimum atomic E-state index is -0.251. The van der Waals surface area contributed by atoms with E-state index in [0.29, 0.717) is 6.61 Å². The molecular weight excluding hydrogens is 380 g/mol. The number of hydrogen-bond donors (Lipinski definition) is 0. The van der Waals surface area contributed by atoms with E-state index in [1.54, 1.807) is 11.3 Å². The van der Waals surface area contributed by atoms with Crippen molar-refractivity contribution >= 4 is 17.3 Å². The Balaban J connectivity index is 1.79. The molecule has 4 rings (SSSR count). The summed E-state index contributed by atoms with van der Waals surface area (Å²) in [6.45, 7) is 14.2. The molecule has 2 aliphatic rings. The summed E-state index contributed by atoms with van der Waals surface area (Å²) >= 11 is 1.71. The Kier molecular flexibility index (Phi) is 4.65. The zero-order valence-corrected chi connectivity index (χ0v) is 19.5. The van der Waals surface area contributed by atoms with Crippen molar-refractivity contribution in [2.24, 2.45) is 0 Å². The van der Waals surface area contributed by atoms with Gasteiger partial charge in [0.25, 0.3) is 0 Å². The highest BCUT2D eigenvalue weighted by molar-refractivity contribution is 7.10. The van der Waals surface area contributed by atoms with Crippen LogP contribution in [0.5, 0.6) is 5.75 Å². The van der Waals surface area contributed by atoms with E-state index in [1.807, 2.05) is 6.92 Å². The largest absolute Gasteiger partial charge is 0.492 e. The molecule has 0 N–H and O–H groups in total. The van der Waals surface area contributed by atoms with Crippen molar-refractivity contribution in [1.82, 2.24) is 0 Å². The third kappa shape index (κ3) is 3.11. The molecule has 29 heavy (non-hydrogen) atoms. The van der Waals surface area contributed by atoms with Gasteiger partial charge in [0, 0.05) is 10.4 Å². The summed E-state index contributed by atoms with van der Waals surface area (Å²) in [6.07, 6.45) is 2.39. The lowest BCUT2D eigenvalue weighted by Gasteiger charge is -2.42. The molecule has 0 amide bonds. The van der Waals surface area contributed by atoms with Gasteiger partial charge in [0.2, 0.25) is 0 Å². The number of carbonyl (C=O) groups is 1. The van der Waals surface area contributed by atoms with E-state index in [2.05, 4.69) is 58.2 Å². The normalized spacial score (nSPS) is 24.9. The van der Waals surface area contributed by atoms with E-state index >= 15 is 0 Å². The first-order valence-corrected chi connectivity index (χ1v) is 11.4. The molecule has 2 atom stereocenters. The molecule has 156 valence electrons. The number of ether oxygens (including phenoxy) is 2. The summed E-state index contributed by atoms with van der Waals surface area (Å²) < 4.78 is 11.2. The highest BCUT2D eigenvalue weighted by Crippen LogP contribution is 2.53. The van der Waals surface area contributed by atoms with Gasteiger partial charge < -0.3 is 9.47 Å². The van der Waals surface area contributed by atoms with Gasteiger partial charge >= 0.3 is 5.97 Å². The van der Waals surface area contributed by atoms with Gasteiger partial charge in [0.15, 0.2) is 0 Å². The average molecular weight is 413 g/mol. The van der Waals surface area contributed by atoms with Crippen molar-refractivity contribution in [1.29, 1.82) is 0 Å². The van der Waals surface area contributed by atoms with E-state index in [1.165, 1.54) is 41.5 Å². The molecule has 0 bridgehead atoms. The second-order valence-corrected chi connectivity index (χ2v) is 11.2. The minimum absolute atomic E-state index is 0.170. The Bertz CT molecular complexity index is 968. The summed E-state index contributed by atoms with van der Waals surface area (Å²) in [5, 5.41) is 2.09. The number of hydrogen-bond acceptors (Lipinski definition) is 4. The van der Waals surface area contributed by atoms with E-state index in [4.69, 9.17) is 9.47 Å². The number of rotatable bonds is 3. The first kappa shape index (κ1) is 20.5. The number of fused-ring (bicyclic) bond motifs is 2. The molecule has 0 spiro atoms. The lowest BCUT2D eigenvalue weighted by molar-refractivity contribution is -0.141. The van der Waals surface area contributed by atoms with Crippen molar-refractivity contribution in [3.8, 4) is 5.75 Å². The van der Waals surface area contributed by atoms with Crippen LogP contribution in [0.2, 0.25) is 0 Å². The van der Waals surface area contributed by atoms with Crippen molar-refractivity contribution in [3.63, 3.8) is 0 Å². The Labute approximate surface area is 178 Å². The van der Waals surface area contributed by atoms with E-state index in [0.717, 1.165) is 11.3 Å². The van der Waals surface area contributed by atoms with Crippen LogP contribution in [0, 0.1) is 0 Å². The van der Waals surface area contributed by atoms with Crippen molar-refractivity contribution < 1.29 is 14.3 Å². The monoisotopic (exact) mass is 412 g/mol. The van der Waals surface area contributed by atoms with Gasteiger partial charge in [-0.3, -0.25) is 4.79 Å². The number of thiophene rings is 1. The molecule has 1 aromatic heterocycles. The average Bonchev–Trinajstić information content (AvgIpc) is 3.30. The van der Waals surface area contributed by atoms with E-state index in [-0.39, 0.29) is 28.1 Å². The van der Waals surface area contributed by atoms with Crippen molar-refractivity contribution in [3.05, 3.63) is 50.7 Å². The highest BCUT2D eigenvalue weighted by Gasteiger charge is 2.44. The van der Waals surface area contributed by atoms with Crippen LogP contribution >= 0.6 is 11.3 Å². The summed E-state index contributed by atoms with van der Waals surface area (Å²) in [6, 6.07) is 6.89. The SMILES string of the molecule is COC(=O)C(C)c1csc(C2(C)COc3cc4c(cc32)C(C)(C)CCC4(C)C)c1. The first-order valence-electron chi connectivity index (χ1n) is 10.5. The van der Waals surface area contributed by atoms with Crippen LogP contribution < -0.4 is 4.74 Å². The molecule has 2 unspecified atom stereocenters. The fourth-order valence-electron chi connectivity index (χ4n) is 4.83. The number of methoxy groups -OCH3 is 1. The Morgan fingerprint density at radius 1 is 1.03 bits per heavy atom. The first-order chi connectivity index (χ1) is 13.5. The van der Waals surface area contributed by atoms with Gasteiger partial charge in [0.05, 0.1) is 18.4 Å². The minimum Gasteiger partial charge on any atom is -0.492 e.